The second-order valence-corrected chi connectivity index (χ2v) is 11.9. The van der Waals surface area contributed by atoms with E-state index >= 15 is 0 Å². The van der Waals surface area contributed by atoms with Gasteiger partial charge in [-0.05, 0) is 74.3 Å². The van der Waals surface area contributed by atoms with Gasteiger partial charge in [0.2, 0.25) is 0 Å². The molecule has 0 aromatic heterocycles. The molecular formula is C28H39N5O4S. The molecule has 9 nitrogen and oxygen atoms in total. The summed E-state index contributed by atoms with van der Waals surface area (Å²) in [7, 11) is 2.12. The first-order chi connectivity index (χ1) is 18.3. The minimum absolute atomic E-state index is 0.147. The van der Waals surface area contributed by atoms with E-state index in [0.29, 0.717) is 6.42 Å². The lowest BCUT2D eigenvalue weighted by Crippen LogP contribution is -2.48. The Morgan fingerprint density at radius 1 is 1.05 bits per heavy atom. The summed E-state index contributed by atoms with van der Waals surface area (Å²) in [6, 6.07) is 11.9. The summed E-state index contributed by atoms with van der Waals surface area (Å²) >= 11 is -0.927. The number of fused-ring (bicyclic) bond motifs is 1. The average molecular weight is 542 g/mol. The van der Waals surface area contributed by atoms with Crippen molar-refractivity contribution in [3.05, 3.63) is 47.5 Å². The van der Waals surface area contributed by atoms with Crippen LogP contribution >= 0.6 is 0 Å². The van der Waals surface area contributed by atoms with Gasteiger partial charge in [-0.15, -0.1) is 4.31 Å². The summed E-state index contributed by atoms with van der Waals surface area (Å²) in [4.78, 5) is 20.1. The normalized spacial score (nSPS) is 22.4. The Morgan fingerprint density at radius 2 is 1.71 bits per heavy atom. The van der Waals surface area contributed by atoms with Gasteiger partial charge in [-0.3, -0.25) is 4.79 Å². The number of ether oxygens (including phenoxy) is 1. The minimum atomic E-state index is -0.927. The summed E-state index contributed by atoms with van der Waals surface area (Å²) in [5.41, 5.74) is 4.75. The monoisotopic (exact) mass is 541 g/mol. The standard InChI is InChI=1S/C28H39N5O4S/c1-20(34)22-18-21-4-9-26(37-27(21)25(19-22)32-12-10-30(2)11-13-32)28(35)29-23-5-7-24(8-6-23)31-14-16-33(17-15-31)38(3)36/h5-8,18-20,26,34H,4,9-17H2,1-3H3,(H,29,35). The lowest BCUT2D eigenvalue weighted by molar-refractivity contribution is -0.123. The molecule has 2 aromatic rings. The maximum atomic E-state index is 13.2. The Balaban J connectivity index is 1.25. The van der Waals surface area contributed by atoms with E-state index in [1.165, 1.54) is 0 Å². The van der Waals surface area contributed by atoms with Crippen molar-refractivity contribution in [3.63, 3.8) is 0 Å². The molecule has 2 aromatic carbocycles. The van der Waals surface area contributed by atoms with E-state index in [1.807, 2.05) is 40.7 Å². The second kappa shape index (κ2) is 11.7. The number of hydrogen-bond donors (Lipinski definition) is 2. The van der Waals surface area contributed by atoms with Crippen molar-refractivity contribution in [2.45, 2.75) is 32.0 Å². The molecule has 3 aliphatic rings. The average Bonchev–Trinajstić information content (AvgIpc) is 2.93. The van der Waals surface area contributed by atoms with E-state index in [2.05, 4.69) is 27.1 Å². The predicted octanol–water partition coefficient (Wildman–Crippen LogP) is 2.24. The highest BCUT2D eigenvalue weighted by molar-refractivity contribution is 7.88. The largest absolute Gasteiger partial charge is 0.598 e. The van der Waals surface area contributed by atoms with Crippen molar-refractivity contribution in [1.29, 1.82) is 0 Å². The zero-order valence-electron chi connectivity index (χ0n) is 22.6. The van der Waals surface area contributed by atoms with Crippen LogP contribution in [0.5, 0.6) is 5.75 Å². The van der Waals surface area contributed by atoms with Gasteiger partial charge in [0.25, 0.3) is 5.91 Å². The van der Waals surface area contributed by atoms with Crippen molar-refractivity contribution < 1.29 is 19.2 Å². The van der Waals surface area contributed by atoms with Gasteiger partial charge in [-0.1, -0.05) is 0 Å². The molecule has 3 unspecified atom stereocenters. The molecule has 0 bridgehead atoms. The number of anilines is 3. The minimum Gasteiger partial charge on any atom is -0.598 e. The third-order valence-electron chi connectivity index (χ3n) is 7.83. The number of nitrogens with one attached hydrogen (secondary N) is 1. The number of piperazine rings is 2. The smallest absolute Gasteiger partial charge is 0.265 e. The molecule has 2 fully saturated rings. The zero-order chi connectivity index (χ0) is 26.8. The van der Waals surface area contributed by atoms with E-state index in [4.69, 9.17) is 4.74 Å². The van der Waals surface area contributed by atoms with Crippen LogP contribution in [-0.4, -0.2) is 96.5 Å². The Morgan fingerprint density at radius 3 is 2.34 bits per heavy atom. The molecule has 2 N–H and O–H groups in total. The Kier molecular flexibility index (Phi) is 8.35. The first kappa shape index (κ1) is 27.1. The highest BCUT2D eigenvalue weighted by Crippen LogP contribution is 2.40. The Hall–Kier alpha value is -2.50. The van der Waals surface area contributed by atoms with Crippen molar-refractivity contribution in [3.8, 4) is 5.75 Å². The van der Waals surface area contributed by atoms with Gasteiger partial charge in [0.05, 0.1) is 24.9 Å². The van der Waals surface area contributed by atoms with E-state index in [1.54, 1.807) is 13.2 Å². The van der Waals surface area contributed by atoms with Crippen LogP contribution in [0.4, 0.5) is 17.1 Å². The third-order valence-corrected chi connectivity index (χ3v) is 8.92. The zero-order valence-corrected chi connectivity index (χ0v) is 23.4. The van der Waals surface area contributed by atoms with Crippen LogP contribution in [0.25, 0.3) is 0 Å². The molecule has 0 spiro atoms. The first-order valence-corrected chi connectivity index (χ1v) is 15.0. The molecule has 3 heterocycles. The number of aliphatic hydroxyl groups excluding tert-OH is 1. The fourth-order valence-corrected chi connectivity index (χ4v) is 6.07. The maximum absolute atomic E-state index is 13.2. The number of aryl methyl sites for hydroxylation is 1. The number of carbonyl (C=O) groups excluding carboxylic acids is 1. The topological polar surface area (TPSA) is 94.6 Å². The van der Waals surface area contributed by atoms with Gasteiger partial charge >= 0.3 is 0 Å². The number of amides is 1. The van der Waals surface area contributed by atoms with Crippen molar-refractivity contribution in [2.24, 2.45) is 0 Å². The first-order valence-electron chi connectivity index (χ1n) is 13.5. The fourth-order valence-electron chi connectivity index (χ4n) is 5.40. The van der Waals surface area contributed by atoms with Crippen LogP contribution < -0.4 is 19.9 Å². The quantitative estimate of drug-likeness (QED) is 0.538. The van der Waals surface area contributed by atoms with Crippen LogP contribution in [-0.2, 0) is 22.6 Å². The molecule has 0 saturated carbocycles. The van der Waals surface area contributed by atoms with E-state index in [0.717, 1.165) is 92.7 Å². The number of likely N-dealkylation sites (N-methyl/N-ethyl adjacent to an activating group) is 1. The summed E-state index contributed by atoms with van der Waals surface area (Å²) < 4.78 is 20.0. The Bertz CT molecular complexity index is 1110. The third kappa shape index (κ3) is 6.05. The molecule has 5 rings (SSSR count). The molecule has 10 heteroatoms. The van der Waals surface area contributed by atoms with Crippen LogP contribution in [0, 0.1) is 0 Å². The molecule has 3 aliphatic heterocycles. The summed E-state index contributed by atoms with van der Waals surface area (Å²) in [6.45, 7) is 8.67. The van der Waals surface area contributed by atoms with Gasteiger partial charge in [0, 0.05) is 62.0 Å². The van der Waals surface area contributed by atoms with E-state index in [-0.39, 0.29) is 5.91 Å². The second-order valence-electron chi connectivity index (χ2n) is 10.5. The summed E-state index contributed by atoms with van der Waals surface area (Å²) in [5.74, 6) is 0.624. The van der Waals surface area contributed by atoms with Gasteiger partial charge in [-0.2, -0.15) is 0 Å². The highest BCUT2D eigenvalue weighted by Gasteiger charge is 2.31. The molecule has 2 saturated heterocycles. The van der Waals surface area contributed by atoms with Crippen LogP contribution in [0.2, 0.25) is 0 Å². The van der Waals surface area contributed by atoms with Gasteiger partial charge in [0.1, 0.15) is 12.0 Å². The number of carbonyl (C=O) groups is 1. The highest BCUT2D eigenvalue weighted by atomic mass is 32.2. The SMILES string of the molecule is CC(O)c1cc2c(c(N3CCN(C)CC3)c1)OC(C(=O)Nc1ccc(N3CCN([S+](C)[O-])CC3)cc1)CC2. The van der Waals surface area contributed by atoms with Crippen LogP contribution in [0.3, 0.4) is 0 Å². The van der Waals surface area contributed by atoms with Crippen molar-refractivity contribution >= 4 is 34.3 Å². The molecule has 0 radical (unpaired) electrons. The van der Waals surface area contributed by atoms with Crippen LogP contribution in [0.1, 0.15) is 30.6 Å². The van der Waals surface area contributed by atoms with Gasteiger partial charge in [0.15, 0.2) is 6.10 Å². The van der Waals surface area contributed by atoms with E-state index < -0.39 is 23.6 Å². The number of hydrogen-bond acceptors (Lipinski definition) is 8. The lowest BCUT2D eigenvalue weighted by atomic mass is 9.96. The number of aliphatic hydroxyl groups is 1. The molecule has 1 amide bonds. The number of benzene rings is 2. The van der Waals surface area contributed by atoms with Crippen LogP contribution in [0.15, 0.2) is 36.4 Å². The summed E-state index contributed by atoms with van der Waals surface area (Å²) in [5, 5.41) is 13.3. The fraction of sp³-hybridized carbons (Fsp3) is 0.536. The number of rotatable bonds is 6. The van der Waals surface area contributed by atoms with Crippen molar-refractivity contribution in [1.82, 2.24) is 9.21 Å². The molecule has 3 atom stereocenters. The predicted molar refractivity (Wildman–Crippen MR) is 152 cm³/mol. The summed E-state index contributed by atoms with van der Waals surface area (Å²) in [6.07, 6.45) is 1.90. The van der Waals surface area contributed by atoms with E-state index in [9.17, 15) is 14.5 Å². The van der Waals surface area contributed by atoms with Gasteiger partial charge in [-0.25, -0.2) is 0 Å². The van der Waals surface area contributed by atoms with Crippen molar-refractivity contribution in [2.75, 3.05) is 80.8 Å². The maximum Gasteiger partial charge on any atom is 0.265 e. The molecular weight excluding hydrogens is 502 g/mol. The number of nitrogens with zero attached hydrogens (tertiary/aromatic N) is 4. The lowest BCUT2D eigenvalue weighted by Gasteiger charge is -2.37. The Labute approximate surface area is 228 Å². The molecule has 38 heavy (non-hydrogen) atoms. The molecule has 206 valence electrons. The molecule has 0 aliphatic carbocycles. The van der Waals surface area contributed by atoms with Gasteiger partial charge < -0.3 is 34.4 Å².